The zero-order valence-corrected chi connectivity index (χ0v) is 15.3. The molecule has 0 radical (unpaired) electrons. The molecule has 0 atom stereocenters. The number of methoxy groups -OCH3 is 2. The summed E-state index contributed by atoms with van der Waals surface area (Å²) in [6.45, 7) is 1.89. The molecule has 0 saturated carbocycles. The fourth-order valence-electron chi connectivity index (χ4n) is 2.50. The third-order valence-corrected chi connectivity index (χ3v) is 3.94. The van der Waals surface area contributed by atoms with Crippen LogP contribution < -0.4 is 19.7 Å². The van der Waals surface area contributed by atoms with Crippen molar-refractivity contribution in [3.63, 3.8) is 0 Å². The van der Waals surface area contributed by atoms with Crippen molar-refractivity contribution in [2.45, 2.75) is 13.3 Å². The Hall–Kier alpha value is -3.02. The summed E-state index contributed by atoms with van der Waals surface area (Å²) in [7, 11) is 3.18. The maximum atomic E-state index is 12.2. The van der Waals surface area contributed by atoms with Gasteiger partial charge in [-0.1, -0.05) is 18.2 Å². The number of anilines is 1. The van der Waals surface area contributed by atoms with Crippen molar-refractivity contribution in [1.29, 1.82) is 0 Å². The molecule has 0 saturated heterocycles. The van der Waals surface area contributed by atoms with Crippen molar-refractivity contribution in [1.82, 2.24) is 5.32 Å². The molecule has 0 aromatic heterocycles. The van der Waals surface area contributed by atoms with E-state index in [1.807, 2.05) is 24.3 Å². The number of ether oxygens (including phenoxy) is 2. The Morgan fingerprint density at radius 1 is 1.00 bits per heavy atom. The summed E-state index contributed by atoms with van der Waals surface area (Å²) in [6.07, 6.45) is 0.703. The summed E-state index contributed by atoms with van der Waals surface area (Å²) >= 11 is 0. The van der Waals surface area contributed by atoms with E-state index in [4.69, 9.17) is 9.47 Å². The molecule has 0 spiro atoms. The normalized spacial score (nSPS) is 10.1. The molecule has 6 nitrogen and oxygen atoms in total. The van der Waals surface area contributed by atoms with Crippen molar-refractivity contribution < 1.29 is 19.1 Å². The van der Waals surface area contributed by atoms with Crippen molar-refractivity contribution in [3.8, 4) is 11.5 Å². The maximum absolute atomic E-state index is 12.2. The van der Waals surface area contributed by atoms with Gasteiger partial charge in [0.2, 0.25) is 11.8 Å². The number of carbonyl (C=O) groups is 2. The van der Waals surface area contributed by atoms with E-state index in [0.717, 1.165) is 11.3 Å². The summed E-state index contributed by atoms with van der Waals surface area (Å²) in [5.74, 6) is 1.02. The van der Waals surface area contributed by atoms with E-state index in [1.165, 1.54) is 11.8 Å². The summed E-state index contributed by atoms with van der Waals surface area (Å²) in [5, 5.41) is 2.85. The second kappa shape index (κ2) is 9.46. The van der Waals surface area contributed by atoms with Gasteiger partial charge in [0.15, 0.2) is 0 Å². The van der Waals surface area contributed by atoms with E-state index in [2.05, 4.69) is 5.32 Å². The molecule has 2 amide bonds. The molecule has 6 heteroatoms. The predicted molar refractivity (Wildman–Crippen MR) is 101 cm³/mol. The van der Waals surface area contributed by atoms with Gasteiger partial charge in [-0.15, -0.1) is 0 Å². The highest BCUT2D eigenvalue weighted by atomic mass is 16.5. The van der Waals surface area contributed by atoms with Crippen LogP contribution in [0.4, 0.5) is 5.69 Å². The lowest BCUT2D eigenvalue weighted by Crippen LogP contribution is -2.40. The third kappa shape index (κ3) is 5.51. The van der Waals surface area contributed by atoms with E-state index in [9.17, 15) is 9.59 Å². The number of benzene rings is 2. The zero-order valence-electron chi connectivity index (χ0n) is 15.3. The Morgan fingerprint density at radius 3 is 2.31 bits per heavy atom. The highest BCUT2D eigenvalue weighted by Gasteiger charge is 2.16. The van der Waals surface area contributed by atoms with Gasteiger partial charge in [0.05, 0.1) is 14.2 Å². The van der Waals surface area contributed by atoms with Crippen LogP contribution in [-0.4, -0.2) is 39.1 Å². The second-order valence-electron chi connectivity index (χ2n) is 5.75. The van der Waals surface area contributed by atoms with Gasteiger partial charge in [0.1, 0.15) is 18.0 Å². The first-order valence-electron chi connectivity index (χ1n) is 8.35. The van der Waals surface area contributed by atoms with Gasteiger partial charge in [0.25, 0.3) is 0 Å². The van der Waals surface area contributed by atoms with E-state index < -0.39 is 0 Å². The first-order valence-corrected chi connectivity index (χ1v) is 8.35. The Morgan fingerprint density at radius 2 is 1.69 bits per heavy atom. The van der Waals surface area contributed by atoms with Gasteiger partial charge in [-0.2, -0.15) is 0 Å². The highest BCUT2D eigenvalue weighted by molar-refractivity contribution is 5.97. The molecule has 0 bridgehead atoms. The molecule has 1 N–H and O–H groups in total. The molecule has 0 fully saturated rings. The van der Waals surface area contributed by atoms with Crippen LogP contribution in [0.2, 0.25) is 0 Å². The molecular weight excluding hydrogens is 332 g/mol. The van der Waals surface area contributed by atoms with Gasteiger partial charge < -0.3 is 19.7 Å². The van der Waals surface area contributed by atoms with E-state index in [1.54, 1.807) is 38.5 Å². The average molecular weight is 356 g/mol. The molecule has 138 valence electrons. The molecule has 0 aliphatic carbocycles. The number of hydrogen-bond acceptors (Lipinski definition) is 4. The smallest absolute Gasteiger partial charge is 0.240 e. The SMILES string of the molecule is COc1ccc(CCNC(=O)CN(C(C)=O)c2cccc(OC)c2)cc1. The minimum atomic E-state index is -0.212. The second-order valence-corrected chi connectivity index (χ2v) is 5.75. The standard InChI is InChI=1S/C20H24N2O4/c1-15(23)22(17-5-4-6-19(13-17)26-3)14-20(24)21-12-11-16-7-9-18(25-2)10-8-16/h4-10,13H,11-12,14H2,1-3H3,(H,21,24). The molecule has 2 aromatic rings. The minimum Gasteiger partial charge on any atom is -0.497 e. The number of amides is 2. The molecule has 0 unspecified atom stereocenters. The van der Waals surface area contributed by atoms with Gasteiger partial charge >= 0.3 is 0 Å². The Kier molecular flexibility index (Phi) is 7.02. The van der Waals surface area contributed by atoms with E-state index in [-0.39, 0.29) is 18.4 Å². The summed E-state index contributed by atoms with van der Waals surface area (Å²) in [4.78, 5) is 25.6. The predicted octanol–water partition coefficient (Wildman–Crippen LogP) is 2.42. The van der Waals surface area contributed by atoms with Crippen molar-refractivity contribution in [3.05, 3.63) is 54.1 Å². The molecule has 0 aliphatic rings. The largest absolute Gasteiger partial charge is 0.497 e. The molecule has 0 heterocycles. The van der Waals surface area contributed by atoms with Gasteiger partial charge in [-0.3, -0.25) is 9.59 Å². The fourth-order valence-corrected chi connectivity index (χ4v) is 2.50. The van der Waals surface area contributed by atoms with Crippen LogP contribution in [0.1, 0.15) is 12.5 Å². The lowest BCUT2D eigenvalue weighted by Gasteiger charge is -2.21. The van der Waals surface area contributed by atoms with Crippen LogP contribution in [0, 0.1) is 0 Å². The Labute approximate surface area is 153 Å². The molecule has 2 rings (SSSR count). The van der Waals surface area contributed by atoms with Crippen LogP contribution in [0.5, 0.6) is 11.5 Å². The van der Waals surface area contributed by atoms with Crippen molar-refractivity contribution >= 4 is 17.5 Å². The van der Waals surface area contributed by atoms with Crippen LogP contribution in [0.25, 0.3) is 0 Å². The lowest BCUT2D eigenvalue weighted by atomic mass is 10.1. The van der Waals surface area contributed by atoms with Crippen LogP contribution in [-0.2, 0) is 16.0 Å². The zero-order chi connectivity index (χ0) is 18.9. The minimum absolute atomic E-state index is 0.0366. The highest BCUT2D eigenvalue weighted by Crippen LogP contribution is 2.21. The van der Waals surface area contributed by atoms with Gasteiger partial charge in [-0.25, -0.2) is 0 Å². The summed E-state index contributed by atoms with van der Waals surface area (Å²) in [6, 6.07) is 14.8. The maximum Gasteiger partial charge on any atom is 0.240 e. The van der Waals surface area contributed by atoms with Gasteiger partial charge in [-0.05, 0) is 36.2 Å². The Balaban J connectivity index is 1.89. The number of carbonyl (C=O) groups excluding carboxylic acids is 2. The molecule has 2 aromatic carbocycles. The molecule has 26 heavy (non-hydrogen) atoms. The first-order chi connectivity index (χ1) is 12.5. The average Bonchev–Trinajstić information content (AvgIpc) is 2.66. The topological polar surface area (TPSA) is 67.9 Å². The molecule has 0 aliphatic heterocycles. The lowest BCUT2D eigenvalue weighted by molar-refractivity contribution is -0.123. The fraction of sp³-hybridized carbons (Fsp3) is 0.300. The number of rotatable bonds is 8. The first kappa shape index (κ1) is 19.3. The van der Waals surface area contributed by atoms with E-state index in [0.29, 0.717) is 24.4 Å². The summed E-state index contributed by atoms with van der Waals surface area (Å²) in [5.41, 5.74) is 1.73. The Bertz CT molecular complexity index is 744. The summed E-state index contributed by atoms with van der Waals surface area (Å²) < 4.78 is 10.3. The van der Waals surface area contributed by atoms with Crippen molar-refractivity contribution in [2.75, 3.05) is 32.2 Å². The number of hydrogen-bond donors (Lipinski definition) is 1. The monoisotopic (exact) mass is 356 g/mol. The van der Waals surface area contributed by atoms with Gasteiger partial charge in [0, 0.05) is 25.2 Å². The van der Waals surface area contributed by atoms with E-state index >= 15 is 0 Å². The third-order valence-electron chi connectivity index (χ3n) is 3.94. The molecular formula is C20H24N2O4. The number of nitrogens with zero attached hydrogens (tertiary/aromatic N) is 1. The number of nitrogens with one attached hydrogen (secondary N) is 1. The van der Waals surface area contributed by atoms with Crippen molar-refractivity contribution in [2.24, 2.45) is 0 Å². The van der Waals surface area contributed by atoms with Crippen LogP contribution in [0.15, 0.2) is 48.5 Å². The quantitative estimate of drug-likeness (QED) is 0.789. The van der Waals surface area contributed by atoms with Crippen LogP contribution >= 0.6 is 0 Å². The van der Waals surface area contributed by atoms with Crippen LogP contribution in [0.3, 0.4) is 0 Å².